The first-order chi connectivity index (χ1) is 14.0. The van der Waals surface area contributed by atoms with Crippen molar-refractivity contribution in [2.24, 2.45) is 0 Å². The van der Waals surface area contributed by atoms with Gasteiger partial charge in [-0.25, -0.2) is 9.97 Å². The van der Waals surface area contributed by atoms with Gasteiger partial charge in [-0.3, -0.25) is 4.79 Å². The zero-order valence-electron chi connectivity index (χ0n) is 16.7. The molecule has 1 fully saturated rings. The molecule has 0 saturated carbocycles. The van der Waals surface area contributed by atoms with E-state index in [-0.39, 0.29) is 5.91 Å². The molecule has 3 aromatic rings. The summed E-state index contributed by atoms with van der Waals surface area (Å²) in [4.78, 5) is 26.2. The quantitative estimate of drug-likeness (QED) is 0.584. The van der Waals surface area contributed by atoms with Crippen LogP contribution in [-0.4, -0.2) is 36.1 Å². The summed E-state index contributed by atoms with van der Waals surface area (Å²) in [7, 11) is 1.63. The van der Waals surface area contributed by atoms with E-state index >= 15 is 0 Å². The highest BCUT2D eigenvalue weighted by atomic mass is 79.9. The van der Waals surface area contributed by atoms with E-state index in [2.05, 4.69) is 31.1 Å². The molecular formula is C21H23BrN4O2S. The minimum Gasteiger partial charge on any atom is -0.496 e. The normalized spacial score (nSPS) is 13.9. The predicted molar refractivity (Wildman–Crippen MR) is 120 cm³/mol. The van der Waals surface area contributed by atoms with Gasteiger partial charge in [-0.15, -0.1) is 11.3 Å². The Labute approximate surface area is 182 Å². The zero-order valence-corrected chi connectivity index (χ0v) is 19.1. The number of amides is 1. The molecule has 0 bridgehead atoms. The summed E-state index contributed by atoms with van der Waals surface area (Å²) in [6.45, 7) is 6.30. The van der Waals surface area contributed by atoms with Gasteiger partial charge in [0, 0.05) is 29.7 Å². The molecule has 1 aromatic carbocycles. The molecule has 1 amide bonds. The summed E-state index contributed by atoms with van der Waals surface area (Å²) >= 11 is 4.91. The van der Waals surface area contributed by atoms with Crippen molar-refractivity contribution < 1.29 is 9.53 Å². The number of hydrogen-bond acceptors (Lipinski definition) is 6. The fourth-order valence-corrected chi connectivity index (χ4v) is 5.28. The predicted octanol–water partition coefficient (Wildman–Crippen LogP) is 4.61. The molecule has 0 unspecified atom stereocenters. The monoisotopic (exact) mass is 474 g/mol. The van der Waals surface area contributed by atoms with Crippen LogP contribution >= 0.6 is 27.3 Å². The first kappa shape index (κ1) is 20.1. The third kappa shape index (κ3) is 3.96. The van der Waals surface area contributed by atoms with E-state index in [1.54, 1.807) is 7.11 Å². The zero-order chi connectivity index (χ0) is 20.5. The van der Waals surface area contributed by atoms with Gasteiger partial charge in [0.25, 0.3) is 5.91 Å². The number of benzene rings is 1. The number of carbonyl (C=O) groups excluding carboxylic acids is 1. The van der Waals surface area contributed by atoms with E-state index in [0.29, 0.717) is 11.4 Å². The summed E-state index contributed by atoms with van der Waals surface area (Å²) in [5.74, 6) is 2.36. The van der Waals surface area contributed by atoms with Crippen LogP contribution in [0.5, 0.6) is 5.75 Å². The number of halogens is 1. The molecule has 0 aliphatic carbocycles. The molecule has 2 aromatic heterocycles. The number of nitrogens with one attached hydrogen (secondary N) is 1. The Morgan fingerprint density at radius 2 is 2.03 bits per heavy atom. The van der Waals surface area contributed by atoms with Crippen LogP contribution in [0.4, 0.5) is 5.82 Å². The van der Waals surface area contributed by atoms with E-state index in [0.717, 1.165) is 56.3 Å². The molecule has 4 rings (SSSR count). The summed E-state index contributed by atoms with van der Waals surface area (Å²) in [5.41, 5.74) is 1.87. The smallest absolute Gasteiger partial charge is 0.261 e. The molecule has 1 aliphatic rings. The van der Waals surface area contributed by atoms with Crippen molar-refractivity contribution in [3.8, 4) is 5.75 Å². The van der Waals surface area contributed by atoms with Crippen molar-refractivity contribution in [2.45, 2.75) is 33.2 Å². The number of nitrogens with zero attached hydrogens (tertiary/aromatic N) is 3. The van der Waals surface area contributed by atoms with E-state index in [1.807, 2.05) is 32.0 Å². The van der Waals surface area contributed by atoms with Crippen molar-refractivity contribution in [3.05, 3.63) is 44.5 Å². The van der Waals surface area contributed by atoms with Gasteiger partial charge in [-0.05, 0) is 50.5 Å². The molecule has 1 aliphatic heterocycles. The molecule has 0 atom stereocenters. The highest BCUT2D eigenvalue weighted by Crippen LogP contribution is 2.36. The lowest BCUT2D eigenvalue weighted by atomic mass is 10.1. The van der Waals surface area contributed by atoms with E-state index in [4.69, 9.17) is 9.72 Å². The van der Waals surface area contributed by atoms with Crippen molar-refractivity contribution in [3.63, 3.8) is 0 Å². The van der Waals surface area contributed by atoms with Gasteiger partial charge in [0.15, 0.2) is 0 Å². The Bertz CT molecular complexity index is 1080. The molecule has 8 heteroatoms. The number of hydrogen-bond donors (Lipinski definition) is 1. The lowest BCUT2D eigenvalue weighted by Gasteiger charge is -2.18. The number of aromatic nitrogens is 2. The lowest BCUT2D eigenvalue weighted by molar-refractivity contribution is 0.0954. The van der Waals surface area contributed by atoms with Crippen LogP contribution in [0.3, 0.4) is 0 Å². The number of rotatable bonds is 5. The molecule has 3 heterocycles. The van der Waals surface area contributed by atoms with E-state index in [1.165, 1.54) is 24.2 Å². The van der Waals surface area contributed by atoms with Crippen LogP contribution in [0.2, 0.25) is 0 Å². The van der Waals surface area contributed by atoms with Crippen LogP contribution in [-0.2, 0) is 6.54 Å². The molecule has 0 radical (unpaired) electrons. The maximum absolute atomic E-state index is 13.0. The van der Waals surface area contributed by atoms with Gasteiger partial charge < -0.3 is 15.0 Å². The number of anilines is 1. The molecule has 1 N–H and O–H groups in total. The SMILES string of the molecule is COc1ccc(Br)cc1CNC(=O)c1sc2nc(C)nc(N3CCCC3)c2c1C. The van der Waals surface area contributed by atoms with Gasteiger partial charge >= 0.3 is 0 Å². The number of fused-ring (bicyclic) bond motifs is 1. The minimum absolute atomic E-state index is 0.0995. The number of thiophene rings is 1. The highest BCUT2D eigenvalue weighted by molar-refractivity contribution is 9.10. The third-order valence-corrected chi connectivity index (χ3v) is 6.85. The van der Waals surface area contributed by atoms with Crippen molar-refractivity contribution in [1.82, 2.24) is 15.3 Å². The lowest BCUT2D eigenvalue weighted by Crippen LogP contribution is -2.23. The molecule has 0 spiro atoms. The Kier molecular flexibility index (Phi) is 5.74. The standard InChI is InChI=1S/C21H23BrN4O2S/c1-12-17-19(26-8-4-5-9-26)24-13(2)25-21(17)29-18(12)20(27)23-11-14-10-15(22)6-7-16(14)28-3/h6-7,10H,4-5,8-9,11H2,1-3H3,(H,23,27). The molecule has 152 valence electrons. The molecular weight excluding hydrogens is 452 g/mol. The first-order valence-corrected chi connectivity index (χ1v) is 11.2. The maximum Gasteiger partial charge on any atom is 0.261 e. The van der Waals surface area contributed by atoms with Crippen LogP contribution < -0.4 is 15.0 Å². The topological polar surface area (TPSA) is 67.3 Å². The average molecular weight is 475 g/mol. The highest BCUT2D eigenvalue weighted by Gasteiger charge is 2.24. The van der Waals surface area contributed by atoms with Gasteiger partial charge in [0.1, 0.15) is 22.2 Å². The Hall–Kier alpha value is -2.19. The average Bonchev–Trinajstić information content (AvgIpc) is 3.34. The minimum atomic E-state index is -0.0995. The van der Waals surface area contributed by atoms with Crippen molar-refractivity contribution >= 4 is 49.2 Å². The molecule has 1 saturated heterocycles. The number of aryl methyl sites for hydroxylation is 2. The second kappa shape index (κ2) is 8.28. The largest absolute Gasteiger partial charge is 0.496 e. The van der Waals surface area contributed by atoms with Gasteiger partial charge in [0.05, 0.1) is 17.4 Å². The van der Waals surface area contributed by atoms with Crippen molar-refractivity contribution in [2.75, 3.05) is 25.1 Å². The van der Waals surface area contributed by atoms with E-state index < -0.39 is 0 Å². The fraction of sp³-hybridized carbons (Fsp3) is 0.381. The Balaban J connectivity index is 1.64. The Morgan fingerprint density at radius 1 is 1.28 bits per heavy atom. The number of methoxy groups -OCH3 is 1. The fourth-order valence-electron chi connectivity index (χ4n) is 3.74. The van der Waals surface area contributed by atoms with Crippen LogP contribution in [0, 0.1) is 13.8 Å². The van der Waals surface area contributed by atoms with E-state index in [9.17, 15) is 4.79 Å². The second-order valence-electron chi connectivity index (χ2n) is 7.16. The summed E-state index contributed by atoms with van der Waals surface area (Å²) < 4.78 is 6.35. The van der Waals surface area contributed by atoms with Gasteiger partial charge in [0.2, 0.25) is 0 Å². The maximum atomic E-state index is 13.0. The summed E-state index contributed by atoms with van der Waals surface area (Å²) in [6, 6.07) is 5.76. The van der Waals surface area contributed by atoms with Gasteiger partial charge in [-0.2, -0.15) is 0 Å². The van der Waals surface area contributed by atoms with Crippen LogP contribution in [0.15, 0.2) is 22.7 Å². The summed E-state index contributed by atoms with van der Waals surface area (Å²) in [5, 5.41) is 4.04. The van der Waals surface area contributed by atoms with Gasteiger partial charge in [-0.1, -0.05) is 15.9 Å². The number of carbonyl (C=O) groups is 1. The number of ether oxygens (including phenoxy) is 1. The molecule has 6 nitrogen and oxygen atoms in total. The third-order valence-electron chi connectivity index (χ3n) is 5.18. The van der Waals surface area contributed by atoms with Crippen molar-refractivity contribution in [1.29, 1.82) is 0 Å². The van der Waals surface area contributed by atoms with Crippen LogP contribution in [0.1, 0.15) is 39.5 Å². The molecule has 29 heavy (non-hydrogen) atoms. The first-order valence-electron chi connectivity index (χ1n) is 9.61. The van der Waals surface area contributed by atoms with Crippen LogP contribution in [0.25, 0.3) is 10.2 Å². The Morgan fingerprint density at radius 3 is 2.76 bits per heavy atom. The second-order valence-corrected chi connectivity index (χ2v) is 9.08. The summed E-state index contributed by atoms with van der Waals surface area (Å²) in [6.07, 6.45) is 2.35.